The number of rotatable bonds is 6. The van der Waals surface area contributed by atoms with Gasteiger partial charge in [-0.05, 0) is 19.4 Å². The molecule has 0 aliphatic rings. The molecule has 1 heterocycles. The van der Waals surface area contributed by atoms with Crippen molar-refractivity contribution in [3.8, 4) is 11.3 Å². The third-order valence-electron chi connectivity index (χ3n) is 2.72. The van der Waals surface area contributed by atoms with Crippen LogP contribution in [0.2, 0.25) is 0 Å². The maximum atomic E-state index is 11.8. The van der Waals surface area contributed by atoms with Crippen LogP contribution >= 0.6 is 0 Å². The largest absolute Gasteiger partial charge is 0.355 e. The normalized spacial score (nSPS) is 10.4. The van der Waals surface area contributed by atoms with E-state index in [0.29, 0.717) is 24.5 Å². The molecular weight excluding hydrogens is 242 g/mol. The number of hydrogen-bond donors (Lipinski definition) is 2. The number of benzene rings is 1. The first kappa shape index (κ1) is 13.3. The van der Waals surface area contributed by atoms with Gasteiger partial charge in [0.2, 0.25) is 0 Å². The molecule has 1 aromatic carbocycles. The molecule has 0 spiro atoms. The lowest BCUT2D eigenvalue weighted by Gasteiger charge is -2.00. The lowest BCUT2D eigenvalue weighted by atomic mass is 10.1. The highest BCUT2D eigenvalue weighted by atomic mass is 16.5. The number of nitrogens with two attached hydrogens (primary N) is 1. The molecule has 0 saturated heterocycles. The van der Waals surface area contributed by atoms with Crippen molar-refractivity contribution in [1.29, 1.82) is 0 Å². The summed E-state index contributed by atoms with van der Waals surface area (Å²) in [6.07, 6.45) is 1.76. The summed E-state index contributed by atoms with van der Waals surface area (Å²) < 4.78 is 5.17. The molecular formula is C14H17N3O2. The molecule has 19 heavy (non-hydrogen) atoms. The highest BCUT2D eigenvalue weighted by molar-refractivity contribution is 5.93. The fourth-order valence-electron chi connectivity index (χ4n) is 1.68. The number of hydrogen-bond acceptors (Lipinski definition) is 4. The van der Waals surface area contributed by atoms with Crippen molar-refractivity contribution in [2.24, 2.45) is 5.73 Å². The highest BCUT2D eigenvalue weighted by Crippen LogP contribution is 2.19. The summed E-state index contributed by atoms with van der Waals surface area (Å²) in [5.74, 6) is 0.371. The van der Waals surface area contributed by atoms with Crippen LogP contribution < -0.4 is 11.1 Å². The minimum absolute atomic E-state index is 0.219. The predicted octanol–water partition coefficient (Wildman–Crippen LogP) is 1.81. The quantitative estimate of drug-likeness (QED) is 0.775. The summed E-state index contributed by atoms with van der Waals surface area (Å²) in [7, 11) is 0. The van der Waals surface area contributed by atoms with Crippen LogP contribution in [0.1, 0.15) is 23.3 Å². The fraction of sp³-hybridized carbons (Fsp3) is 0.286. The summed E-state index contributed by atoms with van der Waals surface area (Å²) in [6.45, 7) is 1.24. The van der Waals surface area contributed by atoms with E-state index in [4.69, 9.17) is 10.3 Å². The average molecular weight is 259 g/mol. The van der Waals surface area contributed by atoms with Gasteiger partial charge in [0.25, 0.3) is 5.91 Å². The van der Waals surface area contributed by atoms with Gasteiger partial charge >= 0.3 is 0 Å². The number of amides is 1. The van der Waals surface area contributed by atoms with Gasteiger partial charge in [-0.25, -0.2) is 0 Å². The molecule has 100 valence electrons. The van der Waals surface area contributed by atoms with Crippen LogP contribution in [0, 0.1) is 0 Å². The number of unbranched alkanes of at least 4 members (excludes halogenated alkanes) is 1. The zero-order chi connectivity index (χ0) is 13.5. The predicted molar refractivity (Wildman–Crippen MR) is 72.6 cm³/mol. The Morgan fingerprint density at radius 3 is 2.79 bits per heavy atom. The molecule has 5 nitrogen and oxygen atoms in total. The van der Waals surface area contributed by atoms with Crippen molar-refractivity contribution in [2.45, 2.75) is 12.8 Å². The van der Waals surface area contributed by atoms with Crippen molar-refractivity contribution in [2.75, 3.05) is 13.1 Å². The van der Waals surface area contributed by atoms with Gasteiger partial charge in [-0.1, -0.05) is 35.5 Å². The molecule has 0 bridgehead atoms. The van der Waals surface area contributed by atoms with E-state index in [1.807, 2.05) is 30.3 Å². The second kappa shape index (κ2) is 6.70. The van der Waals surface area contributed by atoms with Crippen LogP contribution in [0.25, 0.3) is 11.3 Å². The third kappa shape index (κ3) is 3.66. The summed E-state index contributed by atoms with van der Waals surface area (Å²) in [4.78, 5) is 11.8. The number of carbonyl (C=O) groups excluding carboxylic acids is 1. The maximum Gasteiger partial charge on any atom is 0.273 e. The lowest BCUT2D eigenvalue weighted by molar-refractivity contribution is 0.0944. The van der Waals surface area contributed by atoms with Gasteiger partial charge in [0.1, 0.15) is 0 Å². The van der Waals surface area contributed by atoms with Crippen molar-refractivity contribution in [3.63, 3.8) is 0 Å². The Labute approximate surface area is 111 Å². The SMILES string of the molecule is NCCCCNC(=O)c1cc(-c2ccccc2)on1. The molecule has 0 aliphatic carbocycles. The Hall–Kier alpha value is -2.14. The molecule has 0 aliphatic heterocycles. The zero-order valence-corrected chi connectivity index (χ0v) is 10.6. The van der Waals surface area contributed by atoms with Gasteiger partial charge in [-0.2, -0.15) is 0 Å². The van der Waals surface area contributed by atoms with Gasteiger partial charge in [0.05, 0.1) is 0 Å². The van der Waals surface area contributed by atoms with Crippen molar-refractivity contribution < 1.29 is 9.32 Å². The van der Waals surface area contributed by atoms with Gasteiger partial charge in [0, 0.05) is 18.2 Å². The number of nitrogens with zero attached hydrogens (tertiary/aromatic N) is 1. The Morgan fingerprint density at radius 2 is 2.05 bits per heavy atom. The average Bonchev–Trinajstić information content (AvgIpc) is 2.94. The molecule has 0 radical (unpaired) electrons. The van der Waals surface area contributed by atoms with E-state index in [2.05, 4.69) is 10.5 Å². The Morgan fingerprint density at radius 1 is 1.26 bits per heavy atom. The van der Waals surface area contributed by atoms with Crippen LogP contribution in [-0.2, 0) is 0 Å². The fourth-order valence-corrected chi connectivity index (χ4v) is 1.68. The first-order chi connectivity index (χ1) is 9.31. The van der Waals surface area contributed by atoms with E-state index in [0.717, 1.165) is 18.4 Å². The van der Waals surface area contributed by atoms with Crippen LogP contribution in [0.5, 0.6) is 0 Å². The van der Waals surface area contributed by atoms with Crippen molar-refractivity contribution in [3.05, 3.63) is 42.1 Å². The van der Waals surface area contributed by atoms with Gasteiger partial charge in [-0.3, -0.25) is 4.79 Å². The monoisotopic (exact) mass is 259 g/mol. The van der Waals surface area contributed by atoms with E-state index in [1.165, 1.54) is 0 Å². The van der Waals surface area contributed by atoms with E-state index in [1.54, 1.807) is 6.07 Å². The molecule has 2 rings (SSSR count). The molecule has 1 amide bonds. The minimum Gasteiger partial charge on any atom is -0.355 e. The molecule has 1 aromatic heterocycles. The van der Waals surface area contributed by atoms with Crippen LogP contribution in [0.4, 0.5) is 0 Å². The topological polar surface area (TPSA) is 81.1 Å². The van der Waals surface area contributed by atoms with Crippen LogP contribution in [-0.4, -0.2) is 24.2 Å². The summed E-state index contributed by atoms with van der Waals surface area (Å²) in [5, 5.41) is 6.56. The van der Waals surface area contributed by atoms with Gasteiger partial charge < -0.3 is 15.6 Å². The second-order valence-corrected chi connectivity index (χ2v) is 4.19. The molecule has 3 N–H and O–H groups in total. The summed E-state index contributed by atoms with van der Waals surface area (Å²) in [6, 6.07) is 11.2. The van der Waals surface area contributed by atoms with E-state index in [-0.39, 0.29) is 5.91 Å². The third-order valence-corrected chi connectivity index (χ3v) is 2.72. The molecule has 0 atom stereocenters. The number of nitrogens with one attached hydrogen (secondary N) is 1. The Balaban J connectivity index is 1.95. The molecule has 0 saturated carbocycles. The molecule has 5 heteroatoms. The molecule has 0 fully saturated rings. The number of aromatic nitrogens is 1. The first-order valence-corrected chi connectivity index (χ1v) is 6.31. The maximum absolute atomic E-state index is 11.8. The summed E-state index contributed by atoms with van der Waals surface area (Å²) >= 11 is 0. The number of carbonyl (C=O) groups is 1. The van der Waals surface area contributed by atoms with E-state index in [9.17, 15) is 4.79 Å². The second-order valence-electron chi connectivity index (χ2n) is 4.19. The first-order valence-electron chi connectivity index (χ1n) is 6.31. The molecule has 0 unspecified atom stereocenters. The van der Waals surface area contributed by atoms with E-state index >= 15 is 0 Å². The Kier molecular flexibility index (Phi) is 4.69. The van der Waals surface area contributed by atoms with Gasteiger partial charge in [0.15, 0.2) is 11.5 Å². The lowest BCUT2D eigenvalue weighted by Crippen LogP contribution is -2.25. The van der Waals surface area contributed by atoms with Crippen molar-refractivity contribution in [1.82, 2.24) is 10.5 Å². The Bertz CT molecular complexity index is 522. The van der Waals surface area contributed by atoms with E-state index < -0.39 is 0 Å². The highest BCUT2D eigenvalue weighted by Gasteiger charge is 2.12. The van der Waals surface area contributed by atoms with Crippen molar-refractivity contribution >= 4 is 5.91 Å². The summed E-state index contributed by atoms with van der Waals surface area (Å²) in [5.41, 5.74) is 6.58. The van der Waals surface area contributed by atoms with Gasteiger partial charge in [-0.15, -0.1) is 0 Å². The zero-order valence-electron chi connectivity index (χ0n) is 10.6. The molecule has 2 aromatic rings. The van der Waals surface area contributed by atoms with Crippen LogP contribution in [0.15, 0.2) is 40.9 Å². The smallest absolute Gasteiger partial charge is 0.273 e. The minimum atomic E-state index is -0.219. The van der Waals surface area contributed by atoms with Crippen LogP contribution in [0.3, 0.4) is 0 Å². The standard InChI is InChI=1S/C14H17N3O2/c15-8-4-5-9-16-14(18)12-10-13(19-17-12)11-6-2-1-3-7-11/h1-3,6-7,10H,4-5,8-9,15H2,(H,16,18).